The van der Waals surface area contributed by atoms with Gasteiger partial charge in [0.25, 0.3) is 0 Å². The second kappa shape index (κ2) is 10.3. The number of halogens is 2. The smallest absolute Gasteiger partial charge is 0.243 e. The van der Waals surface area contributed by atoms with Crippen LogP contribution in [0.3, 0.4) is 0 Å². The number of sulfonamides is 1. The molecule has 0 saturated carbocycles. The molecule has 1 aliphatic rings. The Morgan fingerprint density at radius 2 is 2.03 bits per heavy atom. The molecule has 2 aromatic carbocycles. The molecule has 3 aromatic rings. The molecule has 4 rings (SSSR count). The molecule has 0 spiro atoms. The van der Waals surface area contributed by atoms with E-state index in [1.54, 1.807) is 30.3 Å². The topological polar surface area (TPSA) is 64.4 Å². The summed E-state index contributed by atoms with van der Waals surface area (Å²) in [4.78, 5) is 4.96. The molecule has 2 heterocycles. The first kappa shape index (κ1) is 24.5. The third-order valence-electron chi connectivity index (χ3n) is 5.81. The van der Waals surface area contributed by atoms with Gasteiger partial charge in [-0.15, -0.1) is 0 Å². The van der Waals surface area contributed by atoms with E-state index < -0.39 is 10.0 Å². The van der Waals surface area contributed by atoms with Crippen LogP contribution in [0.5, 0.6) is 0 Å². The van der Waals surface area contributed by atoms with Gasteiger partial charge in [0.2, 0.25) is 10.0 Å². The molecule has 0 N–H and O–H groups in total. The van der Waals surface area contributed by atoms with Crippen LogP contribution in [0.4, 0.5) is 4.39 Å². The minimum absolute atomic E-state index is 0.0769. The minimum Gasteiger partial charge on any atom is -0.376 e. The van der Waals surface area contributed by atoms with Gasteiger partial charge in [-0.25, -0.2) is 17.8 Å². The Kier molecular flexibility index (Phi) is 7.65. The van der Waals surface area contributed by atoms with Crippen LogP contribution in [-0.4, -0.2) is 48.1 Å². The van der Waals surface area contributed by atoms with Gasteiger partial charge in [-0.1, -0.05) is 43.3 Å². The molecule has 0 radical (unpaired) electrons. The first-order valence-electron chi connectivity index (χ1n) is 11.0. The Bertz CT molecular complexity index is 1240. The monoisotopic (exact) mass is 511 g/mol. The molecule has 10 heteroatoms. The molecule has 1 fully saturated rings. The van der Waals surface area contributed by atoms with E-state index in [1.165, 1.54) is 22.1 Å². The summed E-state index contributed by atoms with van der Waals surface area (Å²) in [5.41, 5.74) is 1.97. The lowest BCUT2D eigenvalue weighted by atomic mass is 10.2. The number of hydrogen-bond acceptors (Lipinski definition) is 5. The average Bonchev–Trinajstić information content (AvgIpc) is 3.42. The van der Waals surface area contributed by atoms with Crippen molar-refractivity contribution >= 4 is 44.4 Å². The van der Waals surface area contributed by atoms with Crippen molar-refractivity contribution in [3.63, 3.8) is 0 Å². The van der Waals surface area contributed by atoms with E-state index in [2.05, 4.69) is 4.57 Å². The first-order chi connectivity index (χ1) is 15.8. The fraction of sp³-hybridized carbons (Fsp3) is 0.435. The Balaban J connectivity index is 1.70. The number of fused-ring (bicyclic) bond motifs is 1. The Morgan fingerprint density at radius 3 is 2.70 bits per heavy atom. The van der Waals surface area contributed by atoms with Crippen molar-refractivity contribution in [2.24, 2.45) is 0 Å². The highest BCUT2D eigenvalue weighted by Crippen LogP contribution is 2.31. The van der Waals surface area contributed by atoms with Gasteiger partial charge in [0.05, 0.1) is 28.6 Å². The number of benzene rings is 2. The normalized spacial score (nSPS) is 16.8. The molecule has 0 unspecified atom stereocenters. The number of nitrogens with zero attached hydrogens (tertiary/aromatic N) is 3. The van der Waals surface area contributed by atoms with Crippen LogP contribution in [0.15, 0.2) is 46.5 Å². The summed E-state index contributed by atoms with van der Waals surface area (Å²) in [7, 11) is -3.59. The molecule has 178 valence electrons. The van der Waals surface area contributed by atoms with E-state index in [0.29, 0.717) is 46.6 Å². The van der Waals surface area contributed by atoms with Crippen molar-refractivity contribution < 1.29 is 17.5 Å². The molecule has 33 heavy (non-hydrogen) atoms. The zero-order valence-electron chi connectivity index (χ0n) is 18.6. The Hall–Kier alpha value is -1.65. The van der Waals surface area contributed by atoms with E-state index in [9.17, 15) is 12.8 Å². The number of hydrogen-bond donors (Lipinski definition) is 0. The molecular weight excluding hydrogens is 485 g/mol. The predicted molar refractivity (Wildman–Crippen MR) is 130 cm³/mol. The van der Waals surface area contributed by atoms with Crippen molar-refractivity contribution in [1.29, 1.82) is 0 Å². The minimum atomic E-state index is -3.59. The summed E-state index contributed by atoms with van der Waals surface area (Å²) in [6.45, 7) is 5.79. The van der Waals surface area contributed by atoms with Crippen molar-refractivity contribution in [3.05, 3.63) is 52.8 Å². The maximum atomic E-state index is 14.3. The van der Waals surface area contributed by atoms with Crippen molar-refractivity contribution in [2.75, 3.05) is 19.7 Å². The van der Waals surface area contributed by atoms with Crippen molar-refractivity contribution in [3.8, 4) is 0 Å². The van der Waals surface area contributed by atoms with E-state index in [0.717, 1.165) is 25.0 Å². The van der Waals surface area contributed by atoms with Gasteiger partial charge >= 0.3 is 0 Å². The van der Waals surface area contributed by atoms with Gasteiger partial charge in [-0.3, -0.25) is 0 Å². The fourth-order valence-electron chi connectivity index (χ4n) is 4.02. The number of thioether (sulfide) groups is 1. The van der Waals surface area contributed by atoms with Crippen LogP contribution in [0.2, 0.25) is 5.02 Å². The summed E-state index contributed by atoms with van der Waals surface area (Å²) in [5, 5.41) is 1.06. The van der Waals surface area contributed by atoms with E-state index in [-0.39, 0.29) is 16.8 Å². The SMILES string of the molecule is CCN(CC)S(=O)(=O)c1ccc2c(c1)nc(SCc1ccc(Cl)cc1F)n2C[C@@H]1CCCO1. The molecule has 6 nitrogen and oxygen atoms in total. The number of ether oxygens (including phenoxy) is 1. The standard InChI is InChI=1S/C23H27ClFN3O3S2/c1-3-27(4-2)33(29,30)19-9-10-22-21(13-19)26-23(28(22)14-18-6-5-11-31-18)32-15-16-7-8-17(24)12-20(16)25/h7-10,12-13,18H,3-6,11,14-15H2,1-2H3/t18-/m0/s1. The van der Waals surface area contributed by atoms with Crippen molar-refractivity contribution in [2.45, 2.75) is 55.1 Å². The van der Waals surface area contributed by atoms with Crippen LogP contribution in [0, 0.1) is 5.82 Å². The highest BCUT2D eigenvalue weighted by molar-refractivity contribution is 7.98. The molecule has 0 bridgehead atoms. The fourth-order valence-corrected chi connectivity index (χ4v) is 6.67. The lowest BCUT2D eigenvalue weighted by Crippen LogP contribution is -2.30. The van der Waals surface area contributed by atoms with E-state index in [1.807, 2.05) is 13.8 Å². The van der Waals surface area contributed by atoms with Gasteiger partial charge in [-0.05, 0) is 48.7 Å². The number of imidazole rings is 1. The second-order valence-corrected chi connectivity index (χ2v) is 11.2. The van der Waals surface area contributed by atoms with Gasteiger partial charge in [-0.2, -0.15) is 4.31 Å². The Morgan fingerprint density at radius 1 is 1.24 bits per heavy atom. The summed E-state index contributed by atoms with van der Waals surface area (Å²) >= 11 is 7.28. The van der Waals surface area contributed by atoms with Crippen LogP contribution in [0.25, 0.3) is 11.0 Å². The highest BCUT2D eigenvalue weighted by atomic mass is 35.5. The van der Waals surface area contributed by atoms with Crippen LogP contribution in [-0.2, 0) is 27.1 Å². The zero-order chi connectivity index (χ0) is 23.6. The van der Waals surface area contributed by atoms with Crippen molar-refractivity contribution in [1.82, 2.24) is 13.9 Å². The molecular formula is C23H27ClFN3O3S2. The lowest BCUT2D eigenvalue weighted by Gasteiger charge is -2.18. The molecule has 0 amide bonds. The molecule has 0 aliphatic carbocycles. The largest absolute Gasteiger partial charge is 0.376 e. The van der Waals surface area contributed by atoms with E-state index in [4.69, 9.17) is 21.3 Å². The van der Waals surface area contributed by atoms with E-state index >= 15 is 0 Å². The summed E-state index contributed by atoms with van der Waals surface area (Å²) in [5.74, 6) is 0.0204. The lowest BCUT2D eigenvalue weighted by molar-refractivity contribution is 0.0960. The maximum absolute atomic E-state index is 14.3. The first-order valence-corrected chi connectivity index (χ1v) is 13.8. The molecule has 1 aliphatic heterocycles. The van der Waals surface area contributed by atoms with Crippen LogP contribution >= 0.6 is 23.4 Å². The predicted octanol–water partition coefficient (Wildman–Crippen LogP) is 5.33. The highest BCUT2D eigenvalue weighted by Gasteiger charge is 2.25. The average molecular weight is 512 g/mol. The van der Waals surface area contributed by atoms with Crippen LogP contribution < -0.4 is 0 Å². The second-order valence-electron chi connectivity index (χ2n) is 7.90. The molecule has 1 atom stereocenters. The number of rotatable bonds is 9. The third-order valence-corrected chi connectivity index (χ3v) is 9.12. The van der Waals surface area contributed by atoms with Crippen LogP contribution in [0.1, 0.15) is 32.3 Å². The summed E-state index contributed by atoms with van der Waals surface area (Å²) < 4.78 is 49.6. The number of aromatic nitrogens is 2. The maximum Gasteiger partial charge on any atom is 0.243 e. The van der Waals surface area contributed by atoms with Gasteiger partial charge < -0.3 is 9.30 Å². The quantitative estimate of drug-likeness (QED) is 0.363. The Labute approximate surface area is 203 Å². The van der Waals surface area contributed by atoms with Gasteiger partial charge in [0.15, 0.2) is 5.16 Å². The molecule has 1 aromatic heterocycles. The third kappa shape index (κ3) is 5.22. The van der Waals surface area contributed by atoms with Gasteiger partial charge in [0.1, 0.15) is 5.82 Å². The summed E-state index contributed by atoms with van der Waals surface area (Å²) in [6, 6.07) is 9.71. The molecule has 1 saturated heterocycles. The summed E-state index contributed by atoms with van der Waals surface area (Å²) in [6.07, 6.45) is 2.06. The van der Waals surface area contributed by atoms with Gasteiger partial charge in [0, 0.05) is 30.5 Å². The zero-order valence-corrected chi connectivity index (χ0v) is 21.0.